The third kappa shape index (κ3) is 5.49. The molecule has 1 saturated carbocycles. The minimum atomic E-state index is -0.843. The van der Waals surface area contributed by atoms with E-state index >= 15 is 0 Å². The lowest BCUT2D eigenvalue weighted by Crippen LogP contribution is -2.36. The van der Waals surface area contributed by atoms with Gasteiger partial charge in [-0.15, -0.1) is 0 Å². The maximum absolute atomic E-state index is 13.1. The summed E-state index contributed by atoms with van der Waals surface area (Å²) in [5.74, 6) is 0.00204. The third-order valence-electron chi connectivity index (χ3n) is 6.44. The van der Waals surface area contributed by atoms with Gasteiger partial charge in [0, 0.05) is 22.9 Å². The zero-order valence-corrected chi connectivity index (χ0v) is 19.0. The number of hydrogen-bond donors (Lipinski definition) is 3. The van der Waals surface area contributed by atoms with Gasteiger partial charge >= 0.3 is 6.03 Å². The van der Waals surface area contributed by atoms with Crippen LogP contribution in [-0.4, -0.2) is 22.5 Å². The molecule has 0 radical (unpaired) electrons. The van der Waals surface area contributed by atoms with Gasteiger partial charge in [0.2, 0.25) is 0 Å². The second kappa shape index (κ2) is 9.59. The molecule has 2 amide bonds. The van der Waals surface area contributed by atoms with E-state index in [1.54, 1.807) is 13.8 Å². The molecule has 5 heteroatoms. The monoisotopic (exact) mass is 442 g/mol. The Labute approximate surface area is 194 Å². The number of benzene rings is 3. The number of carbonyl (C=O) groups is 2. The Hall–Kier alpha value is -3.44. The first-order valence-corrected chi connectivity index (χ1v) is 11.4. The van der Waals surface area contributed by atoms with Crippen LogP contribution in [0.3, 0.4) is 0 Å². The van der Waals surface area contributed by atoms with Gasteiger partial charge in [0.15, 0.2) is 5.78 Å². The number of urea groups is 1. The second-order valence-electron chi connectivity index (χ2n) is 9.26. The van der Waals surface area contributed by atoms with Gasteiger partial charge < -0.3 is 15.7 Å². The quantitative estimate of drug-likeness (QED) is 0.388. The summed E-state index contributed by atoms with van der Waals surface area (Å²) < 4.78 is 0. The number of Topliss-reactive ketones (excluding diaryl/α,β-unsaturated/α-hetero) is 1. The summed E-state index contributed by atoms with van der Waals surface area (Å²) in [6.45, 7) is 3.60. The fourth-order valence-corrected chi connectivity index (χ4v) is 4.72. The van der Waals surface area contributed by atoms with E-state index in [0.29, 0.717) is 11.3 Å². The number of para-hydroxylation sites is 1. The topological polar surface area (TPSA) is 78.4 Å². The summed E-state index contributed by atoms with van der Waals surface area (Å²) in [6, 6.07) is 24.2. The van der Waals surface area contributed by atoms with Crippen molar-refractivity contribution in [1.29, 1.82) is 0 Å². The number of aliphatic hydroxyl groups is 1. The highest BCUT2D eigenvalue weighted by Crippen LogP contribution is 2.40. The summed E-state index contributed by atoms with van der Waals surface area (Å²) in [4.78, 5) is 25.2. The molecule has 4 rings (SSSR count). The number of nitrogens with one attached hydrogen (secondary N) is 2. The first-order chi connectivity index (χ1) is 15.8. The van der Waals surface area contributed by atoms with Crippen molar-refractivity contribution in [3.8, 4) is 11.1 Å². The van der Waals surface area contributed by atoms with Gasteiger partial charge in [0.1, 0.15) is 0 Å². The van der Waals surface area contributed by atoms with Crippen LogP contribution in [0.4, 0.5) is 16.2 Å². The minimum absolute atomic E-state index is 0.00353. The first-order valence-electron chi connectivity index (χ1n) is 11.4. The highest BCUT2D eigenvalue weighted by atomic mass is 16.3. The van der Waals surface area contributed by atoms with Crippen LogP contribution in [0.2, 0.25) is 0 Å². The number of rotatable bonds is 6. The molecule has 1 aliphatic rings. The first kappa shape index (κ1) is 22.7. The largest absolute Gasteiger partial charge is 0.390 e. The van der Waals surface area contributed by atoms with Gasteiger partial charge in [-0.1, -0.05) is 61.0 Å². The molecule has 1 fully saturated rings. The lowest BCUT2D eigenvalue weighted by molar-refractivity contribution is 0.00214. The second-order valence-corrected chi connectivity index (χ2v) is 9.26. The molecule has 5 nitrogen and oxygen atoms in total. The summed E-state index contributed by atoms with van der Waals surface area (Å²) >= 11 is 0. The van der Waals surface area contributed by atoms with Crippen molar-refractivity contribution in [2.45, 2.75) is 38.7 Å². The SMILES string of the molecule is CC(C)(O)[C@@H]1CCC[C@H]1C(=O)c1ccc(-c2ccc(NC(=O)Nc3ccccc3)cc2)cc1. The fraction of sp³-hybridized carbons (Fsp3) is 0.286. The normalized spacial score (nSPS) is 18.0. The molecule has 3 aromatic rings. The lowest BCUT2D eigenvalue weighted by Gasteiger charge is -2.30. The lowest BCUT2D eigenvalue weighted by atomic mass is 9.79. The predicted molar refractivity (Wildman–Crippen MR) is 132 cm³/mol. The van der Waals surface area contributed by atoms with Gasteiger partial charge in [0.25, 0.3) is 0 Å². The van der Waals surface area contributed by atoms with Crippen molar-refractivity contribution in [1.82, 2.24) is 0 Å². The molecule has 1 aliphatic carbocycles. The van der Waals surface area contributed by atoms with Crippen molar-refractivity contribution in [3.63, 3.8) is 0 Å². The molecule has 0 aromatic heterocycles. The number of amides is 2. The zero-order chi connectivity index (χ0) is 23.4. The standard InChI is InChI=1S/C28H30N2O3/c1-28(2,33)25-10-6-9-24(25)26(31)21-13-11-19(12-14-21)20-15-17-23(18-16-20)30-27(32)29-22-7-4-3-5-8-22/h3-5,7-8,11-18,24-25,33H,6,9-10H2,1-2H3,(H2,29,30,32)/t24-,25-/m1/s1. The van der Waals surface area contributed by atoms with Crippen LogP contribution in [0.25, 0.3) is 11.1 Å². The Kier molecular flexibility index (Phi) is 6.61. The number of hydrogen-bond acceptors (Lipinski definition) is 3. The fourth-order valence-electron chi connectivity index (χ4n) is 4.72. The van der Waals surface area contributed by atoms with E-state index < -0.39 is 5.60 Å². The molecule has 33 heavy (non-hydrogen) atoms. The van der Waals surface area contributed by atoms with Crippen molar-refractivity contribution in [3.05, 3.63) is 84.4 Å². The predicted octanol–water partition coefficient (Wildman–Crippen LogP) is 6.37. The van der Waals surface area contributed by atoms with E-state index in [2.05, 4.69) is 10.6 Å². The Morgan fingerprint density at radius 1 is 0.788 bits per heavy atom. The van der Waals surface area contributed by atoms with E-state index in [4.69, 9.17) is 0 Å². The van der Waals surface area contributed by atoms with Crippen LogP contribution in [0.5, 0.6) is 0 Å². The van der Waals surface area contributed by atoms with Crippen LogP contribution >= 0.6 is 0 Å². The van der Waals surface area contributed by atoms with Crippen LogP contribution in [0.1, 0.15) is 43.5 Å². The molecule has 3 aromatic carbocycles. The van der Waals surface area contributed by atoms with E-state index in [9.17, 15) is 14.7 Å². The molecule has 0 heterocycles. The Morgan fingerprint density at radius 3 is 1.91 bits per heavy atom. The Balaban J connectivity index is 1.40. The third-order valence-corrected chi connectivity index (χ3v) is 6.44. The van der Waals surface area contributed by atoms with Gasteiger partial charge in [-0.2, -0.15) is 0 Å². The number of anilines is 2. The maximum atomic E-state index is 13.1. The smallest absolute Gasteiger partial charge is 0.323 e. The molecule has 0 unspecified atom stereocenters. The van der Waals surface area contributed by atoms with Gasteiger partial charge in [-0.25, -0.2) is 4.79 Å². The zero-order valence-electron chi connectivity index (χ0n) is 19.0. The summed E-state index contributed by atoms with van der Waals surface area (Å²) in [5.41, 5.74) is 3.27. The summed E-state index contributed by atoms with van der Waals surface area (Å²) in [6.07, 6.45) is 2.70. The number of ketones is 1. The minimum Gasteiger partial charge on any atom is -0.390 e. The van der Waals surface area contributed by atoms with Crippen molar-refractivity contribution in [2.75, 3.05) is 10.6 Å². The Morgan fingerprint density at radius 2 is 1.33 bits per heavy atom. The maximum Gasteiger partial charge on any atom is 0.323 e. The van der Waals surface area contributed by atoms with E-state index in [1.807, 2.05) is 78.9 Å². The average Bonchev–Trinajstić information content (AvgIpc) is 3.31. The van der Waals surface area contributed by atoms with Gasteiger partial charge in [-0.3, -0.25) is 4.79 Å². The van der Waals surface area contributed by atoms with Crippen molar-refractivity contribution < 1.29 is 14.7 Å². The molecule has 0 bridgehead atoms. The van der Waals surface area contributed by atoms with Crippen molar-refractivity contribution in [2.24, 2.45) is 11.8 Å². The van der Waals surface area contributed by atoms with Crippen LogP contribution in [-0.2, 0) is 0 Å². The molecular formula is C28H30N2O3. The van der Waals surface area contributed by atoms with E-state index in [0.717, 1.165) is 36.1 Å². The van der Waals surface area contributed by atoms with Gasteiger partial charge in [0.05, 0.1) is 5.60 Å². The highest BCUT2D eigenvalue weighted by molar-refractivity contribution is 6.00. The summed E-state index contributed by atoms with van der Waals surface area (Å²) in [5, 5.41) is 16.1. The van der Waals surface area contributed by atoms with Crippen LogP contribution < -0.4 is 10.6 Å². The molecule has 170 valence electrons. The molecule has 0 saturated heterocycles. The van der Waals surface area contributed by atoms with Gasteiger partial charge in [-0.05, 0) is 68.0 Å². The van der Waals surface area contributed by atoms with Crippen LogP contribution in [0, 0.1) is 11.8 Å². The number of carbonyl (C=O) groups excluding carboxylic acids is 2. The van der Waals surface area contributed by atoms with Crippen molar-refractivity contribution >= 4 is 23.2 Å². The summed E-state index contributed by atoms with van der Waals surface area (Å²) in [7, 11) is 0. The highest BCUT2D eigenvalue weighted by Gasteiger charge is 2.41. The Bertz CT molecular complexity index is 1100. The van der Waals surface area contributed by atoms with E-state index in [-0.39, 0.29) is 23.7 Å². The van der Waals surface area contributed by atoms with E-state index in [1.165, 1.54) is 0 Å². The molecule has 0 aliphatic heterocycles. The molecule has 2 atom stereocenters. The van der Waals surface area contributed by atoms with Crippen LogP contribution in [0.15, 0.2) is 78.9 Å². The molecule has 0 spiro atoms. The molecule has 3 N–H and O–H groups in total. The molecular weight excluding hydrogens is 412 g/mol. The average molecular weight is 443 g/mol.